The van der Waals surface area contributed by atoms with Crippen molar-refractivity contribution in [3.05, 3.63) is 35.0 Å². The maximum Gasteiger partial charge on any atom is 0.362 e. The fourth-order valence-electron chi connectivity index (χ4n) is 2.06. The summed E-state index contributed by atoms with van der Waals surface area (Å²) in [5.41, 5.74) is 8.40. The molecule has 0 aliphatic heterocycles. The molecule has 1 heterocycles. The molecule has 8 nitrogen and oxygen atoms in total. The second-order valence-electron chi connectivity index (χ2n) is 4.90. The Labute approximate surface area is 127 Å². The van der Waals surface area contributed by atoms with Crippen LogP contribution in [0.3, 0.4) is 0 Å². The van der Waals surface area contributed by atoms with Crippen LogP contribution >= 0.6 is 0 Å². The minimum absolute atomic E-state index is 0.0116. The van der Waals surface area contributed by atoms with E-state index in [0.717, 1.165) is 15.8 Å². The molecule has 3 N–H and O–H groups in total. The van der Waals surface area contributed by atoms with Crippen LogP contribution in [0.25, 0.3) is 0 Å². The van der Waals surface area contributed by atoms with E-state index in [1.165, 1.54) is 7.11 Å². The number of esters is 1. The zero-order valence-corrected chi connectivity index (χ0v) is 12.6. The minimum atomic E-state index is -0.696. The molecular weight excluding hydrogens is 286 g/mol. The number of carbonyl (C=O) groups excluding carboxylic acids is 2. The number of aromatic nitrogens is 3. The molecule has 1 amide bonds. The van der Waals surface area contributed by atoms with E-state index in [1.807, 2.05) is 32.0 Å². The summed E-state index contributed by atoms with van der Waals surface area (Å²) in [6, 6.07) is 5.72. The molecule has 0 saturated carbocycles. The van der Waals surface area contributed by atoms with Crippen LogP contribution < -0.4 is 11.1 Å². The Balaban J connectivity index is 2.09. The van der Waals surface area contributed by atoms with Crippen LogP contribution in [0.2, 0.25) is 0 Å². The van der Waals surface area contributed by atoms with Crippen molar-refractivity contribution in [1.29, 1.82) is 0 Å². The molecule has 0 atom stereocenters. The average molecular weight is 303 g/mol. The SMILES string of the molecule is COC(=O)c1nnn(CC(=O)Nc2cc(C)cc(C)c2)c1N. The first-order chi connectivity index (χ1) is 10.4. The molecule has 116 valence electrons. The van der Waals surface area contributed by atoms with Gasteiger partial charge >= 0.3 is 5.97 Å². The van der Waals surface area contributed by atoms with Crippen molar-refractivity contribution in [2.75, 3.05) is 18.2 Å². The summed E-state index contributed by atoms with van der Waals surface area (Å²) >= 11 is 0. The molecule has 0 bridgehead atoms. The highest BCUT2D eigenvalue weighted by Crippen LogP contribution is 2.14. The first-order valence-corrected chi connectivity index (χ1v) is 6.56. The van der Waals surface area contributed by atoms with Crippen molar-refractivity contribution in [1.82, 2.24) is 15.0 Å². The molecule has 0 radical (unpaired) electrons. The Morgan fingerprint density at radius 3 is 2.50 bits per heavy atom. The summed E-state index contributed by atoms with van der Waals surface area (Å²) in [7, 11) is 1.22. The number of carbonyl (C=O) groups is 2. The van der Waals surface area contributed by atoms with Crippen molar-refractivity contribution in [3.8, 4) is 0 Å². The standard InChI is InChI=1S/C14H17N5O3/c1-8-4-9(2)6-10(5-8)16-11(20)7-19-13(15)12(17-18-19)14(21)22-3/h4-6H,7,15H2,1-3H3,(H,16,20). The predicted molar refractivity (Wildman–Crippen MR) is 80.3 cm³/mol. The highest BCUT2D eigenvalue weighted by atomic mass is 16.5. The van der Waals surface area contributed by atoms with Crippen LogP contribution in [0.1, 0.15) is 21.6 Å². The molecular formula is C14H17N5O3. The number of anilines is 2. The van der Waals surface area contributed by atoms with Crippen LogP contribution in [0.15, 0.2) is 18.2 Å². The molecule has 0 spiro atoms. The average Bonchev–Trinajstić information content (AvgIpc) is 2.78. The second kappa shape index (κ2) is 6.25. The lowest BCUT2D eigenvalue weighted by atomic mass is 10.1. The van der Waals surface area contributed by atoms with Gasteiger partial charge in [0, 0.05) is 5.69 Å². The lowest BCUT2D eigenvalue weighted by Gasteiger charge is -2.08. The van der Waals surface area contributed by atoms with Crippen molar-refractivity contribution in [2.24, 2.45) is 0 Å². The number of nitrogen functional groups attached to an aromatic ring is 1. The van der Waals surface area contributed by atoms with Crippen LogP contribution in [-0.2, 0) is 16.1 Å². The fraction of sp³-hybridized carbons (Fsp3) is 0.286. The van der Waals surface area contributed by atoms with Crippen LogP contribution in [0.4, 0.5) is 11.5 Å². The Kier molecular flexibility index (Phi) is 4.40. The largest absolute Gasteiger partial charge is 0.464 e. The first kappa shape index (κ1) is 15.5. The maximum atomic E-state index is 12.0. The lowest BCUT2D eigenvalue weighted by molar-refractivity contribution is -0.116. The number of nitrogens with one attached hydrogen (secondary N) is 1. The van der Waals surface area contributed by atoms with Crippen molar-refractivity contribution in [3.63, 3.8) is 0 Å². The van der Waals surface area contributed by atoms with E-state index < -0.39 is 5.97 Å². The third kappa shape index (κ3) is 3.40. The third-order valence-corrected chi connectivity index (χ3v) is 2.95. The first-order valence-electron chi connectivity index (χ1n) is 6.56. The van der Waals surface area contributed by atoms with E-state index in [2.05, 4.69) is 20.4 Å². The Hall–Kier alpha value is -2.90. The summed E-state index contributed by atoms with van der Waals surface area (Å²) in [5.74, 6) is -1.03. The summed E-state index contributed by atoms with van der Waals surface area (Å²) in [6.07, 6.45) is 0. The van der Waals surface area contributed by atoms with E-state index >= 15 is 0 Å². The summed E-state index contributed by atoms with van der Waals surface area (Å²) in [4.78, 5) is 23.4. The van der Waals surface area contributed by atoms with Gasteiger partial charge in [0.1, 0.15) is 6.54 Å². The number of hydrogen-bond acceptors (Lipinski definition) is 6. The van der Waals surface area contributed by atoms with Crippen molar-refractivity contribution in [2.45, 2.75) is 20.4 Å². The molecule has 0 fully saturated rings. The lowest BCUT2D eigenvalue weighted by Crippen LogP contribution is -2.21. The Bertz CT molecular complexity index is 703. The topological polar surface area (TPSA) is 112 Å². The van der Waals surface area contributed by atoms with Crippen LogP contribution in [-0.4, -0.2) is 34.0 Å². The molecule has 0 aliphatic rings. The Morgan fingerprint density at radius 2 is 1.91 bits per heavy atom. The smallest absolute Gasteiger partial charge is 0.362 e. The fourth-order valence-corrected chi connectivity index (χ4v) is 2.06. The van der Waals surface area contributed by atoms with Gasteiger partial charge in [0.15, 0.2) is 5.82 Å². The van der Waals surface area contributed by atoms with E-state index in [4.69, 9.17) is 5.73 Å². The number of benzene rings is 1. The number of amides is 1. The van der Waals surface area contributed by atoms with Crippen molar-refractivity contribution < 1.29 is 14.3 Å². The van der Waals surface area contributed by atoms with Crippen LogP contribution in [0, 0.1) is 13.8 Å². The molecule has 2 aromatic rings. The van der Waals surface area contributed by atoms with Gasteiger partial charge in [-0.3, -0.25) is 4.79 Å². The maximum absolute atomic E-state index is 12.0. The molecule has 0 unspecified atom stereocenters. The van der Waals surface area contributed by atoms with Gasteiger partial charge in [0.05, 0.1) is 7.11 Å². The van der Waals surface area contributed by atoms with Crippen molar-refractivity contribution >= 4 is 23.4 Å². The third-order valence-electron chi connectivity index (χ3n) is 2.95. The van der Waals surface area contributed by atoms with E-state index in [0.29, 0.717) is 5.69 Å². The number of ether oxygens (including phenoxy) is 1. The van der Waals surface area contributed by atoms with Gasteiger partial charge in [-0.15, -0.1) is 5.10 Å². The number of aryl methyl sites for hydroxylation is 2. The zero-order chi connectivity index (χ0) is 16.3. The molecule has 22 heavy (non-hydrogen) atoms. The Morgan fingerprint density at radius 1 is 1.27 bits per heavy atom. The van der Waals surface area contributed by atoms with Gasteiger partial charge in [0.25, 0.3) is 0 Å². The summed E-state index contributed by atoms with van der Waals surface area (Å²) in [6.45, 7) is 3.74. The number of nitrogens with zero attached hydrogens (tertiary/aromatic N) is 3. The molecule has 1 aromatic heterocycles. The predicted octanol–water partition coefficient (Wildman–Crippen LogP) is 0.902. The minimum Gasteiger partial charge on any atom is -0.464 e. The molecule has 0 aliphatic carbocycles. The molecule has 8 heteroatoms. The normalized spacial score (nSPS) is 10.3. The van der Waals surface area contributed by atoms with Crippen LogP contribution in [0.5, 0.6) is 0 Å². The van der Waals surface area contributed by atoms with Gasteiger partial charge in [-0.05, 0) is 37.1 Å². The quantitative estimate of drug-likeness (QED) is 0.812. The number of nitrogens with two attached hydrogens (primary N) is 1. The van der Waals surface area contributed by atoms with E-state index in [9.17, 15) is 9.59 Å². The van der Waals surface area contributed by atoms with Gasteiger partial charge in [-0.2, -0.15) is 0 Å². The monoisotopic (exact) mass is 303 g/mol. The highest BCUT2D eigenvalue weighted by molar-refractivity contribution is 5.93. The van der Waals surface area contributed by atoms with E-state index in [1.54, 1.807) is 0 Å². The number of methoxy groups -OCH3 is 1. The van der Waals surface area contributed by atoms with Gasteiger partial charge in [-0.1, -0.05) is 11.3 Å². The van der Waals surface area contributed by atoms with Gasteiger partial charge in [-0.25, -0.2) is 9.48 Å². The van der Waals surface area contributed by atoms with Gasteiger partial charge in [0.2, 0.25) is 11.6 Å². The molecule has 0 saturated heterocycles. The zero-order valence-electron chi connectivity index (χ0n) is 12.6. The molecule has 2 rings (SSSR count). The highest BCUT2D eigenvalue weighted by Gasteiger charge is 2.19. The summed E-state index contributed by atoms with van der Waals surface area (Å²) < 4.78 is 5.67. The number of hydrogen-bond donors (Lipinski definition) is 2. The van der Waals surface area contributed by atoms with Gasteiger partial charge < -0.3 is 15.8 Å². The van der Waals surface area contributed by atoms with E-state index in [-0.39, 0.29) is 24.0 Å². The summed E-state index contributed by atoms with van der Waals surface area (Å²) in [5, 5.41) is 10.0. The second-order valence-corrected chi connectivity index (χ2v) is 4.90. The number of rotatable bonds is 4. The molecule has 1 aromatic carbocycles.